The summed E-state index contributed by atoms with van der Waals surface area (Å²) in [7, 11) is 0. The molecule has 27 heavy (non-hydrogen) atoms. The zero-order valence-corrected chi connectivity index (χ0v) is 17.9. The summed E-state index contributed by atoms with van der Waals surface area (Å²) in [5, 5.41) is 21.2. The second-order valence-electron chi connectivity index (χ2n) is 9.37. The molecule has 0 heterocycles. The number of aromatic hydroxyl groups is 1. The predicted molar refractivity (Wildman–Crippen MR) is 115 cm³/mol. The van der Waals surface area contributed by atoms with E-state index in [1.807, 2.05) is 12.1 Å². The van der Waals surface area contributed by atoms with Gasteiger partial charge in [0.05, 0.1) is 6.10 Å². The van der Waals surface area contributed by atoms with Gasteiger partial charge < -0.3 is 10.2 Å². The predicted octanol–water partition coefficient (Wildman–Crippen LogP) is 6.71. The fourth-order valence-electron chi connectivity index (χ4n) is 4.93. The van der Waals surface area contributed by atoms with E-state index in [-0.39, 0.29) is 17.4 Å². The van der Waals surface area contributed by atoms with Crippen molar-refractivity contribution in [3.8, 4) is 5.75 Å². The van der Waals surface area contributed by atoms with E-state index in [1.54, 1.807) is 0 Å². The summed E-state index contributed by atoms with van der Waals surface area (Å²) in [4.78, 5) is 0. The normalized spacial score (nSPS) is 26.1. The molecule has 2 heteroatoms. The van der Waals surface area contributed by atoms with Crippen molar-refractivity contribution >= 4 is 0 Å². The molecule has 2 rings (SSSR count). The zero-order chi connectivity index (χ0) is 20.0. The monoisotopic (exact) mass is 372 g/mol. The summed E-state index contributed by atoms with van der Waals surface area (Å²) in [5.41, 5.74) is 2.28. The summed E-state index contributed by atoms with van der Waals surface area (Å²) < 4.78 is 0. The number of aliphatic hydroxyl groups excluding tert-OH is 1. The van der Waals surface area contributed by atoms with Crippen molar-refractivity contribution < 1.29 is 10.2 Å². The average Bonchev–Trinajstić information content (AvgIpc) is 2.61. The highest BCUT2D eigenvalue weighted by Crippen LogP contribution is 2.46. The van der Waals surface area contributed by atoms with Crippen LogP contribution in [0.25, 0.3) is 0 Å². The van der Waals surface area contributed by atoms with Gasteiger partial charge in [-0.2, -0.15) is 0 Å². The summed E-state index contributed by atoms with van der Waals surface area (Å²) in [6.45, 7) is 12.9. The molecule has 0 amide bonds. The molecule has 1 fully saturated rings. The molecular formula is C25H40O2. The van der Waals surface area contributed by atoms with E-state index in [0.29, 0.717) is 17.6 Å². The lowest BCUT2D eigenvalue weighted by Gasteiger charge is -2.39. The maximum absolute atomic E-state index is 10.9. The van der Waals surface area contributed by atoms with Crippen LogP contribution in [-0.2, 0) is 5.41 Å². The maximum Gasteiger partial charge on any atom is 0.119 e. The zero-order valence-electron chi connectivity index (χ0n) is 17.9. The van der Waals surface area contributed by atoms with Crippen molar-refractivity contribution in [1.82, 2.24) is 0 Å². The number of hydrogen-bond donors (Lipinski definition) is 2. The van der Waals surface area contributed by atoms with Crippen LogP contribution in [0.3, 0.4) is 0 Å². The first kappa shape index (κ1) is 22.0. The lowest BCUT2D eigenvalue weighted by Crippen LogP contribution is -2.32. The first-order valence-electron chi connectivity index (χ1n) is 10.9. The van der Waals surface area contributed by atoms with Crippen molar-refractivity contribution in [2.24, 2.45) is 11.8 Å². The number of phenols is 1. The van der Waals surface area contributed by atoms with Crippen LogP contribution in [0, 0.1) is 11.8 Å². The molecule has 1 aromatic rings. The van der Waals surface area contributed by atoms with Crippen LogP contribution in [0.2, 0.25) is 0 Å². The van der Waals surface area contributed by atoms with E-state index >= 15 is 0 Å². The van der Waals surface area contributed by atoms with Gasteiger partial charge in [-0.3, -0.25) is 0 Å². The van der Waals surface area contributed by atoms with Crippen molar-refractivity contribution in [2.45, 2.75) is 96.5 Å². The molecule has 2 nitrogen and oxygen atoms in total. The van der Waals surface area contributed by atoms with Gasteiger partial charge in [0.25, 0.3) is 0 Å². The first-order chi connectivity index (χ1) is 12.8. The molecule has 1 aliphatic carbocycles. The summed E-state index contributed by atoms with van der Waals surface area (Å²) in [6.07, 6.45) is 10.4. The van der Waals surface area contributed by atoms with Gasteiger partial charge >= 0.3 is 0 Å². The van der Waals surface area contributed by atoms with Crippen LogP contribution in [0.1, 0.15) is 96.1 Å². The van der Waals surface area contributed by atoms with Gasteiger partial charge in [0.15, 0.2) is 0 Å². The number of rotatable bonds is 9. The van der Waals surface area contributed by atoms with Crippen LogP contribution in [0.5, 0.6) is 5.75 Å². The molecular weight excluding hydrogens is 332 g/mol. The van der Waals surface area contributed by atoms with Crippen LogP contribution in [0.4, 0.5) is 0 Å². The first-order valence-corrected chi connectivity index (χ1v) is 10.9. The van der Waals surface area contributed by atoms with Gasteiger partial charge in [-0.15, -0.1) is 6.58 Å². The number of unbranched alkanes of at least 4 members (excludes halogenated alkanes) is 3. The number of allylic oxidation sites excluding steroid dienone is 1. The largest absolute Gasteiger partial charge is 0.508 e. The minimum Gasteiger partial charge on any atom is -0.508 e. The molecule has 0 aliphatic heterocycles. The standard InChI is InChI=1S/C25H40O2/c1-6-8-9-10-14-25(4,5)19-12-13-22(24(27)16-19)23-17-20(26)15-18(3)21(23)11-7-2/h7,12-13,16,18,20-21,23,26-27H,2,6,8-11,14-15,17H2,1,3-5H3. The fraction of sp³-hybridized carbons (Fsp3) is 0.680. The third kappa shape index (κ3) is 5.60. The second-order valence-corrected chi connectivity index (χ2v) is 9.37. The third-order valence-corrected chi connectivity index (χ3v) is 6.72. The van der Waals surface area contributed by atoms with Crippen LogP contribution in [0.15, 0.2) is 30.9 Å². The molecule has 4 unspecified atom stereocenters. The van der Waals surface area contributed by atoms with E-state index in [0.717, 1.165) is 31.2 Å². The molecule has 0 bridgehead atoms. The van der Waals surface area contributed by atoms with Gasteiger partial charge in [0.1, 0.15) is 5.75 Å². The fourth-order valence-corrected chi connectivity index (χ4v) is 4.93. The molecule has 0 aromatic heterocycles. The Bertz CT molecular complexity index is 604. The maximum atomic E-state index is 10.9. The molecule has 152 valence electrons. The Morgan fingerprint density at radius 2 is 1.93 bits per heavy atom. The Morgan fingerprint density at radius 1 is 1.19 bits per heavy atom. The number of aliphatic hydroxyl groups is 1. The highest BCUT2D eigenvalue weighted by Gasteiger charge is 2.36. The highest BCUT2D eigenvalue weighted by molar-refractivity contribution is 5.42. The minimum atomic E-state index is -0.278. The van der Waals surface area contributed by atoms with Crippen molar-refractivity contribution in [3.63, 3.8) is 0 Å². The Kier molecular flexibility index (Phi) is 7.97. The Hall–Kier alpha value is -1.28. The molecule has 1 aliphatic rings. The van der Waals surface area contributed by atoms with Crippen LogP contribution < -0.4 is 0 Å². The molecule has 0 spiro atoms. The summed E-state index contributed by atoms with van der Waals surface area (Å²) >= 11 is 0. The Balaban J connectivity index is 2.20. The topological polar surface area (TPSA) is 40.5 Å². The van der Waals surface area contributed by atoms with Crippen LogP contribution in [-0.4, -0.2) is 16.3 Å². The smallest absolute Gasteiger partial charge is 0.119 e. The average molecular weight is 373 g/mol. The Labute approximate surface area is 166 Å². The molecule has 0 radical (unpaired) electrons. The molecule has 4 atom stereocenters. The number of hydrogen-bond acceptors (Lipinski definition) is 2. The van der Waals surface area contributed by atoms with Gasteiger partial charge in [-0.05, 0) is 66.0 Å². The Morgan fingerprint density at radius 3 is 2.56 bits per heavy atom. The van der Waals surface area contributed by atoms with Crippen molar-refractivity contribution in [3.05, 3.63) is 42.0 Å². The molecule has 0 saturated heterocycles. The third-order valence-electron chi connectivity index (χ3n) is 6.72. The van der Waals surface area contributed by atoms with E-state index in [4.69, 9.17) is 0 Å². The summed E-state index contributed by atoms with van der Waals surface area (Å²) in [6, 6.07) is 6.29. The highest BCUT2D eigenvalue weighted by atomic mass is 16.3. The lowest BCUT2D eigenvalue weighted by molar-refractivity contribution is 0.0595. The molecule has 1 saturated carbocycles. The second kappa shape index (κ2) is 9.78. The molecule has 1 aromatic carbocycles. The van der Waals surface area contributed by atoms with E-state index < -0.39 is 0 Å². The number of phenolic OH excluding ortho intramolecular Hbond substituents is 1. The lowest BCUT2D eigenvalue weighted by atomic mass is 9.67. The van der Waals surface area contributed by atoms with Crippen molar-refractivity contribution in [1.29, 1.82) is 0 Å². The molecule has 2 N–H and O–H groups in total. The number of benzene rings is 1. The van der Waals surface area contributed by atoms with Crippen molar-refractivity contribution in [2.75, 3.05) is 0 Å². The summed E-state index contributed by atoms with van der Waals surface area (Å²) in [5.74, 6) is 1.47. The van der Waals surface area contributed by atoms with E-state index in [2.05, 4.69) is 46.4 Å². The quantitative estimate of drug-likeness (QED) is 0.374. The van der Waals surface area contributed by atoms with Gasteiger partial charge in [-0.1, -0.05) is 71.6 Å². The van der Waals surface area contributed by atoms with Gasteiger partial charge in [0, 0.05) is 0 Å². The van der Waals surface area contributed by atoms with Gasteiger partial charge in [-0.25, -0.2) is 0 Å². The van der Waals surface area contributed by atoms with E-state index in [9.17, 15) is 10.2 Å². The van der Waals surface area contributed by atoms with E-state index in [1.165, 1.54) is 31.2 Å². The van der Waals surface area contributed by atoms with Gasteiger partial charge in [0.2, 0.25) is 0 Å². The van der Waals surface area contributed by atoms with Crippen LogP contribution >= 0.6 is 0 Å². The minimum absolute atomic E-state index is 0.0731. The SMILES string of the molecule is C=CCC1C(C)CC(O)CC1c1ccc(C(C)(C)CCCCCC)cc1O.